The first-order valence-electron chi connectivity index (χ1n) is 6.57. The molecule has 2 aliphatic carbocycles. The predicted molar refractivity (Wildman–Crippen MR) is 76.8 cm³/mol. The molecule has 1 aromatic rings. The third-order valence-corrected chi connectivity index (χ3v) is 5.07. The van der Waals surface area contributed by atoms with Crippen molar-refractivity contribution < 1.29 is 4.39 Å². The first-order valence-corrected chi connectivity index (χ1v) is 7.39. The summed E-state index contributed by atoms with van der Waals surface area (Å²) in [5.74, 6) is 0.0155. The van der Waals surface area contributed by atoms with Crippen molar-refractivity contribution in [2.45, 2.75) is 38.3 Å². The van der Waals surface area contributed by atoms with Gasteiger partial charge in [-0.1, -0.05) is 19.2 Å². The average molecular weight is 263 g/mol. The molecule has 0 bridgehead atoms. The maximum absolute atomic E-state index is 13.0. The SMILES string of the molecule is C=Cc1c(NC(=C)C2CC2F)sc2c1CCCC2. The van der Waals surface area contributed by atoms with E-state index >= 15 is 0 Å². The summed E-state index contributed by atoms with van der Waals surface area (Å²) < 4.78 is 13.0. The molecule has 2 unspecified atom stereocenters. The minimum absolute atomic E-state index is 0.0155. The van der Waals surface area contributed by atoms with Crippen LogP contribution in [-0.4, -0.2) is 6.17 Å². The Morgan fingerprint density at radius 3 is 2.78 bits per heavy atom. The first-order chi connectivity index (χ1) is 8.70. The third kappa shape index (κ3) is 2.01. The molecule has 0 aromatic carbocycles. The summed E-state index contributed by atoms with van der Waals surface area (Å²) in [5, 5.41) is 4.44. The van der Waals surface area contributed by atoms with Crippen molar-refractivity contribution in [3.8, 4) is 0 Å². The van der Waals surface area contributed by atoms with Gasteiger partial charge in [-0.15, -0.1) is 11.3 Å². The molecular formula is C15H18FNS. The van der Waals surface area contributed by atoms with Crippen LogP contribution in [0.1, 0.15) is 35.3 Å². The van der Waals surface area contributed by atoms with Gasteiger partial charge in [-0.3, -0.25) is 0 Å². The number of halogens is 1. The van der Waals surface area contributed by atoms with Gasteiger partial charge in [0.05, 0.1) is 0 Å². The van der Waals surface area contributed by atoms with E-state index in [1.807, 2.05) is 6.08 Å². The molecule has 1 saturated carbocycles. The van der Waals surface area contributed by atoms with Crippen molar-refractivity contribution in [1.29, 1.82) is 0 Å². The summed E-state index contributed by atoms with van der Waals surface area (Å²) >= 11 is 1.80. The van der Waals surface area contributed by atoms with E-state index < -0.39 is 6.17 Å². The van der Waals surface area contributed by atoms with Crippen molar-refractivity contribution >= 4 is 22.4 Å². The van der Waals surface area contributed by atoms with E-state index in [2.05, 4.69) is 18.5 Å². The fourth-order valence-electron chi connectivity index (χ4n) is 2.66. The Labute approximate surface area is 111 Å². The zero-order chi connectivity index (χ0) is 12.7. The molecule has 1 aromatic heterocycles. The summed E-state index contributed by atoms with van der Waals surface area (Å²) in [7, 11) is 0. The van der Waals surface area contributed by atoms with Crippen LogP contribution < -0.4 is 5.32 Å². The van der Waals surface area contributed by atoms with Crippen molar-refractivity contribution in [3.63, 3.8) is 0 Å². The topological polar surface area (TPSA) is 12.0 Å². The maximum Gasteiger partial charge on any atom is 0.109 e. The Hall–Kier alpha value is -1.09. The number of hydrogen-bond acceptors (Lipinski definition) is 2. The highest BCUT2D eigenvalue weighted by molar-refractivity contribution is 7.16. The van der Waals surface area contributed by atoms with Crippen molar-refractivity contribution in [2.24, 2.45) is 5.92 Å². The van der Waals surface area contributed by atoms with Gasteiger partial charge in [0.25, 0.3) is 0 Å². The summed E-state index contributed by atoms with van der Waals surface area (Å²) in [5.41, 5.74) is 3.49. The Balaban J connectivity index is 1.85. The number of fused-ring (bicyclic) bond motifs is 1. The van der Waals surface area contributed by atoms with E-state index in [1.165, 1.54) is 35.3 Å². The largest absolute Gasteiger partial charge is 0.350 e. The van der Waals surface area contributed by atoms with Crippen LogP contribution in [-0.2, 0) is 12.8 Å². The number of anilines is 1. The lowest BCUT2D eigenvalue weighted by molar-refractivity contribution is 0.459. The lowest BCUT2D eigenvalue weighted by atomic mass is 9.95. The second-order valence-corrected chi connectivity index (χ2v) is 6.27. The van der Waals surface area contributed by atoms with E-state index in [9.17, 15) is 4.39 Å². The van der Waals surface area contributed by atoms with Crippen LogP contribution in [0.2, 0.25) is 0 Å². The molecule has 0 amide bonds. The van der Waals surface area contributed by atoms with Gasteiger partial charge in [0.2, 0.25) is 0 Å². The molecule has 0 radical (unpaired) electrons. The predicted octanol–water partition coefficient (Wildman–Crippen LogP) is 4.55. The number of nitrogens with one attached hydrogen (secondary N) is 1. The minimum atomic E-state index is -0.688. The number of hydrogen-bond donors (Lipinski definition) is 1. The number of aryl methyl sites for hydroxylation is 1. The highest BCUT2D eigenvalue weighted by atomic mass is 32.1. The van der Waals surface area contributed by atoms with E-state index in [-0.39, 0.29) is 5.92 Å². The number of rotatable bonds is 4. The summed E-state index contributed by atoms with van der Waals surface area (Å²) in [6.45, 7) is 7.88. The monoisotopic (exact) mass is 263 g/mol. The first kappa shape index (κ1) is 12.0. The molecule has 0 aliphatic heterocycles. The van der Waals surface area contributed by atoms with Crippen LogP contribution in [0.25, 0.3) is 6.08 Å². The molecule has 1 N–H and O–H groups in total. The molecule has 1 heterocycles. The highest BCUT2D eigenvalue weighted by Gasteiger charge is 2.40. The fraction of sp³-hybridized carbons (Fsp3) is 0.467. The second-order valence-electron chi connectivity index (χ2n) is 5.17. The second kappa shape index (κ2) is 4.54. The van der Waals surface area contributed by atoms with Crippen LogP contribution >= 0.6 is 11.3 Å². The van der Waals surface area contributed by atoms with Gasteiger partial charge in [-0.05, 0) is 37.7 Å². The zero-order valence-electron chi connectivity index (χ0n) is 10.5. The Morgan fingerprint density at radius 1 is 1.39 bits per heavy atom. The van der Waals surface area contributed by atoms with E-state index in [0.717, 1.165) is 17.1 Å². The third-order valence-electron chi connectivity index (χ3n) is 3.85. The van der Waals surface area contributed by atoms with Gasteiger partial charge in [0, 0.05) is 22.1 Å². The average Bonchev–Trinajstić information content (AvgIpc) is 3.00. The molecule has 1 nitrogen and oxygen atoms in total. The quantitative estimate of drug-likeness (QED) is 0.840. The van der Waals surface area contributed by atoms with E-state index in [4.69, 9.17) is 0 Å². The smallest absolute Gasteiger partial charge is 0.109 e. The zero-order valence-corrected chi connectivity index (χ0v) is 11.3. The van der Waals surface area contributed by atoms with Gasteiger partial charge in [0.15, 0.2) is 0 Å². The molecule has 3 heteroatoms. The number of thiophene rings is 1. The molecule has 96 valence electrons. The van der Waals surface area contributed by atoms with Crippen molar-refractivity contribution in [1.82, 2.24) is 0 Å². The Morgan fingerprint density at radius 2 is 2.11 bits per heavy atom. The van der Waals surface area contributed by atoms with Crippen LogP contribution in [0.5, 0.6) is 0 Å². The van der Waals surface area contributed by atoms with Crippen LogP contribution in [0.4, 0.5) is 9.39 Å². The molecule has 2 aliphatic rings. The molecule has 2 atom stereocenters. The maximum atomic E-state index is 13.0. The molecule has 18 heavy (non-hydrogen) atoms. The summed E-state index contributed by atoms with van der Waals surface area (Å²) in [6, 6.07) is 0. The van der Waals surface area contributed by atoms with E-state index in [1.54, 1.807) is 11.3 Å². The van der Waals surface area contributed by atoms with Crippen molar-refractivity contribution in [2.75, 3.05) is 5.32 Å². The Kier molecular flexibility index (Phi) is 3.02. The molecule has 0 spiro atoms. The van der Waals surface area contributed by atoms with Gasteiger partial charge in [-0.25, -0.2) is 4.39 Å². The number of allylic oxidation sites excluding steroid dienone is 1. The summed E-state index contributed by atoms with van der Waals surface area (Å²) in [4.78, 5) is 1.47. The van der Waals surface area contributed by atoms with E-state index in [0.29, 0.717) is 6.42 Å². The summed E-state index contributed by atoms with van der Waals surface area (Å²) in [6.07, 6.45) is 6.73. The molecular weight excluding hydrogens is 245 g/mol. The van der Waals surface area contributed by atoms with Crippen molar-refractivity contribution in [3.05, 3.63) is 34.9 Å². The lowest BCUT2D eigenvalue weighted by Crippen LogP contribution is -2.02. The van der Waals surface area contributed by atoms with Crippen LogP contribution in [0.15, 0.2) is 18.9 Å². The minimum Gasteiger partial charge on any atom is -0.350 e. The lowest BCUT2D eigenvalue weighted by Gasteiger charge is -2.11. The van der Waals surface area contributed by atoms with Gasteiger partial charge < -0.3 is 5.32 Å². The Bertz CT molecular complexity index is 503. The number of alkyl halides is 1. The van der Waals surface area contributed by atoms with Gasteiger partial charge in [0.1, 0.15) is 11.2 Å². The van der Waals surface area contributed by atoms with Gasteiger partial charge in [-0.2, -0.15) is 0 Å². The fourth-order valence-corrected chi connectivity index (χ4v) is 3.99. The molecule has 1 fully saturated rings. The van der Waals surface area contributed by atoms with Crippen LogP contribution in [0, 0.1) is 5.92 Å². The molecule has 0 saturated heterocycles. The molecule has 3 rings (SSSR count). The normalized spacial score (nSPS) is 25.4. The highest BCUT2D eigenvalue weighted by Crippen LogP contribution is 2.43. The van der Waals surface area contributed by atoms with Crippen LogP contribution in [0.3, 0.4) is 0 Å². The van der Waals surface area contributed by atoms with Gasteiger partial charge >= 0.3 is 0 Å². The standard InChI is InChI=1S/C15H18FNS/c1-3-10-11-6-4-5-7-14(11)18-15(10)17-9(2)12-8-13(12)16/h3,12-13,17H,1-2,4-8H2.